The summed E-state index contributed by atoms with van der Waals surface area (Å²) >= 11 is 0. The summed E-state index contributed by atoms with van der Waals surface area (Å²) in [6.45, 7) is 17.0. The molecule has 0 aromatic heterocycles. The number of amides is 1. The molecule has 0 unspecified atom stereocenters. The van der Waals surface area contributed by atoms with Crippen LogP contribution in [0.1, 0.15) is 96.6 Å². The molecule has 1 fully saturated rings. The number of aliphatic hydroxyl groups is 4. The van der Waals surface area contributed by atoms with Crippen LogP contribution in [-0.2, 0) is 33.0 Å². The second-order valence-corrected chi connectivity index (χ2v) is 22.7. The van der Waals surface area contributed by atoms with Gasteiger partial charge in [-0.05, 0) is 53.9 Å². The fourth-order valence-electron chi connectivity index (χ4n) is 7.73. The van der Waals surface area contributed by atoms with Gasteiger partial charge >= 0.3 is 11.9 Å². The predicted octanol–water partition coefficient (Wildman–Crippen LogP) is 4.97. The molecule has 5 N–H and O–H groups in total. The van der Waals surface area contributed by atoms with Crippen molar-refractivity contribution in [1.29, 1.82) is 0 Å². The number of rotatable bonds is 10. The van der Waals surface area contributed by atoms with E-state index in [2.05, 4.69) is 5.32 Å². The van der Waals surface area contributed by atoms with Crippen LogP contribution in [0.2, 0.25) is 18.1 Å². The minimum atomic E-state index is -2.83. The molecule has 320 valence electrons. The van der Waals surface area contributed by atoms with Crippen LogP contribution in [0, 0.1) is 11.3 Å². The summed E-state index contributed by atoms with van der Waals surface area (Å²) in [7, 11) is -2.83. The van der Waals surface area contributed by atoms with Gasteiger partial charge in [0.25, 0.3) is 5.91 Å². The molecule has 2 aliphatic rings. The van der Waals surface area contributed by atoms with Gasteiger partial charge in [-0.25, -0.2) is 4.79 Å². The lowest BCUT2D eigenvalue weighted by atomic mass is 9.56. The third kappa shape index (κ3) is 10.3. The van der Waals surface area contributed by atoms with E-state index in [0.29, 0.717) is 16.7 Å². The Morgan fingerprint density at radius 3 is 2.14 bits per heavy atom. The Balaban J connectivity index is 1.92. The minimum Gasteiger partial charge on any atom is -0.456 e. The zero-order valence-corrected chi connectivity index (χ0v) is 36.5. The average molecular weight is 826 g/mol. The number of fused-ring (bicyclic) bond motifs is 2. The molecule has 9 atom stereocenters. The van der Waals surface area contributed by atoms with Gasteiger partial charge in [-0.1, -0.05) is 90.1 Å². The lowest BCUT2D eigenvalue weighted by Gasteiger charge is -2.54. The first-order valence-corrected chi connectivity index (χ1v) is 22.9. The SMILES string of the molecule is CC(=O)O[C@H]1C(=O)C[C@@H](O)C[C@H](CO)OC[C@H](C)[C@H](O)[C@]2(O)C[C@H](OC(=O)[C@H](O[Si](C)(C)C(C)(C)C)[C@@H](NC(=O)c3ccccc3)c3ccccc3)C(C)=C1C2(C)C. The largest absolute Gasteiger partial charge is 0.456 e. The molecule has 0 spiro atoms. The van der Waals surface area contributed by atoms with Gasteiger partial charge in [0, 0.05) is 43.1 Å². The van der Waals surface area contributed by atoms with E-state index < -0.39 is 110 Å². The molecule has 1 saturated heterocycles. The molecule has 1 amide bonds. The van der Waals surface area contributed by atoms with Gasteiger partial charge < -0.3 is 44.4 Å². The van der Waals surface area contributed by atoms with Crippen molar-refractivity contribution in [2.75, 3.05) is 13.2 Å². The average Bonchev–Trinajstić information content (AvgIpc) is 3.15. The van der Waals surface area contributed by atoms with Crippen molar-refractivity contribution in [2.45, 2.75) is 141 Å². The Morgan fingerprint density at radius 1 is 1.00 bits per heavy atom. The number of hydrogen-bond acceptors (Lipinski definition) is 12. The summed E-state index contributed by atoms with van der Waals surface area (Å²) in [5.74, 6) is -3.63. The van der Waals surface area contributed by atoms with Crippen molar-refractivity contribution in [3.8, 4) is 0 Å². The third-order valence-electron chi connectivity index (χ3n) is 12.3. The second kappa shape index (κ2) is 18.7. The Bertz CT molecular complexity index is 1790. The highest BCUT2D eigenvalue weighted by atomic mass is 28.4. The number of Topliss-reactive ketones (excluding diaryl/α,β-unsaturated/α-hetero) is 1. The number of ketones is 1. The van der Waals surface area contributed by atoms with E-state index in [1.54, 1.807) is 82.3 Å². The van der Waals surface area contributed by atoms with E-state index in [4.69, 9.17) is 18.6 Å². The monoisotopic (exact) mass is 825 g/mol. The molecule has 0 radical (unpaired) electrons. The maximum absolute atomic E-state index is 15.0. The predicted molar refractivity (Wildman–Crippen MR) is 219 cm³/mol. The molecule has 58 heavy (non-hydrogen) atoms. The fourth-order valence-corrected chi connectivity index (χ4v) is 8.95. The van der Waals surface area contributed by atoms with Crippen LogP contribution in [0.5, 0.6) is 0 Å². The number of carbonyl (C=O) groups excluding carboxylic acids is 4. The molecule has 4 rings (SSSR count). The van der Waals surface area contributed by atoms with E-state index in [-0.39, 0.29) is 25.0 Å². The number of esters is 2. The van der Waals surface area contributed by atoms with Crippen LogP contribution in [0.25, 0.3) is 0 Å². The summed E-state index contributed by atoms with van der Waals surface area (Å²) in [6, 6.07) is 16.4. The standard InChI is InChI=1S/C44H63NO12Si/c1-26-25-54-32(24-46)21-31(48)22-33(49)37(55-28(3)47)35-27(2)34(23-44(53,39(26)50)43(35,7)8)56-41(52)38(57-58(9,10)42(4,5)6)36(29-17-13-11-14-18-29)45-40(51)30-19-15-12-16-20-30/h11-20,26,31-32,34,36-39,46,48,50,53H,21-25H2,1-10H3,(H,45,51)/t26-,31-,32+,34-,36-,37-,38+,39-,44+/m0/s1. The minimum absolute atomic E-state index is 0.107. The normalized spacial score (nSPS) is 28.2. The summed E-state index contributed by atoms with van der Waals surface area (Å²) in [4.78, 5) is 55.6. The van der Waals surface area contributed by atoms with Crippen molar-refractivity contribution in [3.63, 3.8) is 0 Å². The number of benzene rings is 2. The smallest absolute Gasteiger partial charge is 0.337 e. The van der Waals surface area contributed by atoms with E-state index in [0.717, 1.165) is 6.92 Å². The van der Waals surface area contributed by atoms with Crippen molar-refractivity contribution < 1.29 is 58.2 Å². The Kier molecular flexibility index (Phi) is 15.1. The van der Waals surface area contributed by atoms with Crippen LogP contribution in [0.3, 0.4) is 0 Å². The van der Waals surface area contributed by atoms with Crippen molar-refractivity contribution >= 4 is 31.9 Å². The number of ether oxygens (including phenoxy) is 3. The zero-order chi connectivity index (χ0) is 43.4. The van der Waals surface area contributed by atoms with Crippen LogP contribution in [0.15, 0.2) is 71.8 Å². The van der Waals surface area contributed by atoms with Crippen LogP contribution in [-0.4, -0.2) is 108 Å². The molecule has 14 heteroatoms. The van der Waals surface area contributed by atoms with E-state index >= 15 is 4.79 Å². The number of hydrogen-bond donors (Lipinski definition) is 5. The van der Waals surface area contributed by atoms with Gasteiger partial charge in [0.2, 0.25) is 0 Å². The number of nitrogens with one attached hydrogen (secondary N) is 1. The maximum Gasteiger partial charge on any atom is 0.337 e. The highest BCUT2D eigenvalue weighted by Crippen LogP contribution is 2.53. The van der Waals surface area contributed by atoms with Crippen molar-refractivity contribution in [1.82, 2.24) is 5.32 Å². The van der Waals surface area contributed by atoms with Gasteiger partial charge in [0.15, 0.2) is 26.3 Å². The lowest BCUT2D eigenvalue weighted by Crippen LogP contribution is -2.63. The van der Waals surface area contributed by atoms with Gasteiger partial charge in [0.1, 0.15) is 11.7 Å². The Labute approximate surface area is 343 Å². The number of carbonyl (C=O) groups is 4. The number of aliphatic hydroxyl groups excluding tert-OH is 3. The highest BCUT2D eigenvalue weighted by Gasteiger charge is 2.60. The Morgan fingerprint density at radius 2 is 1.59 bits per heavy atom. The molecule has 0 saturated carbocycles. The first kappa shape index (κ1) is 46.9. The first-order chi connectivity index (χ1) is 26.9. The van der Waals surface area contributed by atoms with Gasteiger partial charge in [-0.15, -0.1) is 0 Å². The maximum atomic E-state index is 15.0. The van der Waals surface area contributed by atoms with Crippen LogP contribution in [0.4, 0.5) is 0 Å². The van der Waals surface area contributed by atoms with Gasteiger partial charge in [-0.3, -0.25) is 14.4 Å². The summed E-state index contributed by atoms with van der Waals surface area (Å²) in [5, 5.41) is 48.5. The summed E-state index contributed by atoms with van der Waals surface area (Å²) in [6.07, 6.45) is -9.08. The molecule has 2 aromatic rings. The molecule has 1 aliphatic carbocycles. The van der Waals surface area contributed by atoms with E-state index in [9.17, 15) is 34.8 Å². The van der Waals surface area contributed by atoms with E-state index in [1.807, 2.05) is 39.9 Å². The molecule has 2 bridgehead atoms. The van der Waals surface area contributed by atoms with Crippen LogP contribution >= 0.6 is 0 Å². The molecular weight excluding hydrogens is 763 g/mol. The zero-order valence-electron chi connectivity index (χ0n) is 35.5. The van der Waals surface area contributed by atoms with Crippen LogP contribution < -0.4 is 5.32 Å². The topological polar surface area (TPSA) is 198 Å². The van der Waals surface area contributed by atoms with Gasteiger partial charge in [-0.2, -0.15) is 0 Å². The quantitative estimate of drug-likeness (QED) is 0.123. The van der Waals surface area contributed by atoms with E-state index in [1.165, 1.54) is 0 Å². The van der Waals surface area contributed by atoms with Crippen molar-refractivity contribution in [2.24, 2.45) is 11.3 Å². The first-order valence-electron chi connectivity index (χ1n) is 20.0. The molecule has 2 aromatic carbocycles. The van der Waals surface area contributed by atoms with Crippen molar-refractivity contribution in [3.05, 3.63) is 82.9 Å². The van der Waals surface area contributed by atoms with Gasteiger partial charge in [0.05, 0.1) is 37.6 Å². The Hall–Kier alpha value is -3.76. The molecule has 1 aliphatic heterocycles. The summed E-state index contributed by atoms with van der Waals surface area (Å²) in [5.41, 5.74) is -2.30. The molecule has 13 nitrogen and oxygen atoms in total. The fraction of sp³-hybridized carbons (Fsp3) is 0.591. The second-order valence-electron chi connectivity index (χ2n) is 17.9. The third-order valence-corrected chi connectivity index (χ3v) is 16.8. The summed E-state index contributed by atoms with van der Waals surface area (Å²) < 4.78 is 24.8. The molecular formula is C44H63NO12Si. The lowest BCUT2D eigenvalue weighted by molar-refractivity contribution is -0.196. The molecule has 1 heterocycles. The highest BCUT2D eigenvalue weighted by molar-refractivity contribution is 6.74.